The molecule has 0 bridgehead atoms. The van der Waals surface area contributed by atoms with Gasteiger partial charge in [0.05, 0.1) is 25.0 Å². The molecular weight excluding hydrogens is 659 g/mol. The van der Waals surface area contributed by atoms with Crippen molar-refractivity contribution < 1.29 is 28.7 Å². The van der Waals surface area contributed by atoms with E-state index in [0.29, 0.717) is 39.7 Å². The largest absolute Gasteiger partial charge is 0.493 e. The number of rotatable bonds is 12. The van der Waals surface area contributed by atoms with E-state index < -0.39 is 17.8 Å². The number of aryl methyl sites for hydroxylation is 1. The number of carbonyl (C=O) groups is 4. The van der Waals surface area contributed by atoms with Gasteiger partial charge in [-0.3, -0.25) is 14.4 Å². The number of benzene rings is 3. The van der Waals surface area contributed by atoms with Crippen molar-refractivity contribution in [3.8, 4) is 5.75 Å². The zero-order chi connectivity index (χ0) is 34.6. The molecule has 1 aliphatic carbocycles. The first-order chi connectivity index (χ1) is 23.9. The lowest BCUT2D eigenvalue weighted by atomic mass is 9.96. The van der Waals surface area contributed by atoms with Crippen molar-refractivity contribution in [2.24, 2.45) is 0 Å². The molecule has 1 heterocycles. The average molecular weight is 698 g/mol. The third kappa shape index (κ3) is 9.61. The van der Waals surface area contributed by atoms with E-state index in [1.165, 1.54) is 30.2 Å². The molecule has 5 rings (SSSR count). The molecule has 0 atom stereocenters. The van der Waals surface area contributed by atoms with Gasteiger partial charge < -0.3 is 25.4 Å². The summed E-state index contributed by atoms with van der Waals surface area (Å²) >= 11 is 2.77. The molecule has 1 aromatic heterocycles. The summed E-state index contributed by atoms with van der Waals surface area (Å²) in [5.41, 5.74) is 3.02. The summed E-state index contributed by atoms with van der Waals surface area (Å²) in [7, 11) is 1.36. The molecule has 0 saturated heterocycles. The summed E-state index contributed by atoms with van der Waals surface area (Å²) in [5, 5.41) is 9.12. The number of esters is 1. The van der Waals surface area contributed by atoms with Gasteiger partial charge in [0.1, 0.15) is 16.4 Å². The quantitative estimate of drug-likeness (QED) is 0.0787. The number of amides is 3. The number of para-hydroxylation sites is 1. The van der Waals surface area contributed by atoms with Gasteiger partial charge in [0.25, 0.3) is 11.8 Å². The fourth-order valence-corrected chi connectivity index (χ4v) is 7.53. The van der Waals surface area contributed by atoms with Crippen LogP contribution in [0, 0.1) is 0 Å². The van der Waals surface area contributed by atoms with Gasteiger partial charge in [-0.05, 0) is 80.6 Å². The first-order valence-corrected chi connectivity index (χ1v) is 18.0. The van der Waals surface area contributed by atoms with Crippen LogP contribution >= 0.6 is 23.1 Å². The summed E-state index contributed by atoms with van der Waals surface area (Å²) in [6, 6.07) is 23.0. The van der Waals surface area contributed by atoms with Crippen LogP contribution in [0.2, 0.25) is 0 Å². The highest BCUT2D eigenvalue weighted by Crippen LogP contribution is 2.38. The van der Waals surface area contributed by atoms with E-state index in [9.17, 15) is 19.2 Å². The van der Waals surface area contributed by atoms with Crippen LogP contribution in [0.5, 0.6) is 5.75 Å². The number of thioether (sulfide) groups is 1. The molecule has 0 fully saturated rings. The predicted octanol–water partition coefficient (Wildman–Crippen LogP) is 7.73. The van der Waals surface area contributed by atoms with E-state index in [2.05, 4.69) is 16.0 Å². The molecular formula is C38H39N3O6S2. The number of ether oxygens (including phenoxy) is 2. The van der Waals surface area contributed by atoms with Crippen molar-refractivity contribution in [3.05, 3.63) is 112 Å². The second-order valence-corrected chi connectivity index (χ2v) is 13.4. The molecule has 0 spiro atoms. The van der Waals surface area contributed by atoms with E-state index >= 15 is 0 Å². The lowest BCUT2D eigenvalue weighted by Gasteiger charge is -2.13. The van der Waals surface area contributed by atoms with E-state index in [1.54, 1.807) is 60.7 Å². The Morgan fingerprint density at radius 1 is 0.878 bits per heavy atom. The number of carbonyl (C=O) groups excluding carboxylic acids is 4. The summed E-state index contributed by atoms with van der Waals surface area (Å²) < 4.78 is 10.8. The number of anilines is 2. The zero-order valence-electron chi connectivity index (χ0n) is 27.5. The van der Waals surface area contributed by atoms with Crippen LogP contribution in [0.4, 0.5) is 10.7 Å². The maximum Gasteiger partial charge on any atom is 0.341 e. The molecule has 9 nitrogen and oxygen atoms in total. The third-order valence-corrected chi connectivity index (χ3v) is 10.0. The summed E-state index contributed by atoms with van der Waals surface area (Å²) in [5.74, 6) is -0.973. The Hall–Kier alpha value is -4.87. The van der Waals surface area contributed by atoms with E-state index in [1.807, 2.05) is 31.2 Å². The first-order valence-electron chi connectivity index (χ1n) is 16.2. The van der Waals surface area contributed by atoms with Crippen LogP contribution < -0.4 is 20.7 Å². The second kappa shape index (κ2) is 17.5. The molecule has 0 aliphatic heterocycles. The van der Waals surface area contributed by atoms with Gasteiger partial charge in [0.2, 0.25) is 5.91 Å². The minimum absolute atomic E-state index is 0.0323. The minimum atomic E-state index is -0.529. The first kappa shape index (κ1) is 35.4. The van der Waals surface area contributed by atoms with Gasteiger partial charge in [-0.1, -0.05) is 55.3 Å². The van der Waals surface area contributed by atoms with Crippen LogP contribution in [0.3, 0.4) is 0 Å². The van der Waals surface area contributed by atoms with Crippen LogP contribution in [0.15, 0.2) is 89.5 Å². The molecule has 0 saturated carbocycles. The third-order valence-electron chi connectivity index (χ3n) is 7.82. The summed E-state index contributed by atoms with van der Waals surface area (Å²) in [6.45, 7) is 2.31. The maximum absolute atomic E-state index is 13.6. The van der Waals surface area contributed by atoms with Crippen molar-refractivity contribution >= 4 is 63.6 Å². The summed E-state index contributed by atoms with van der Waals surface area (Å²) in [4.78, 5) is 54.5. The molecule has 0 unspecified atom stereocenters. The van der Waals surface area contributed by atoms with Crippen molar-refractivity contribution in [3.63, 3.8) is 0 Å². The van der Waals surface area contributed by atoms with Crippen molar-refractivity contribution in [1.29, 1.82) is 0 Å². The number of hydrogen-bond acceptors (Lipinski definition) is 8. The molecule has 254 valence electrons. The molecule has 3 amide bonds. The smallest absolute Gasteiger partial charge is 0.341 e. The molecule has 49 heavy (non-hydrogen) atoms. The number of hydrogen-bond donors (Lipinski definition) is 3. The number of thiophene rings is 1. The van der Waals surface area contributed by atoms with Gasteiger partial charge in [-0.15, -0.1) is 23.1 Å². The fourth-order valence-electron chi connectivity index (χ4n) is 5.48. The van der Waals surface area contributed by atoms with Gasteiger partial charge in [-0.25, -0.2) is 4.79 Å². The lowest BCUT2D eigenvalue weighted by molar-refractivity contribution is -0.114. The molecule has 3 aromatic carbocycles. The normalized spacial score (nSPS) is 12.9. The van der Waals surface area contributed by atoms with E-state index in [4.69, 9.17) is 9.47 Å². The van der Waals surface area contributed by atoms with Gasteiger partial charge >= 0.3 is 5.97 Å². The highest BCUT2D eigenvalue weighted by Gasteiger charge is 2.26. The van der Waals surface area contributed by atoms with Gasteiger partial charge in [0.15, 0.2) is 0 Å². The zero-order valence-corrected chi connectivity index (χ0v) is 29.1. The van der Waals surface area contributed by atoms with Crippen LogP contribution in [-0.4, -0.2) is 43.2 Å². The van der Waals surface area contributed by atoms with Crippen LogP contribution in [-0.2, 0) is 27.2 Å². The van der Waals surface area contributed by atoms with E-state index in [-0.39, 0.29) is 17.4 Å². The monoisotopic (exact) mass is 697 g/mol. The Labute approximate surface area is 294 Å². The SMILES string of the molecule is CCOc1ccccc1/C=C(/NC(=O)c1ccccc1)C(=O)Nc1cccc(SCC(=O)Nc2sc3c(c2C(=O)OC)CCCCCC3)c1. The average Bonchev–Trinajstić information content (AvgIpc) is 3.43. The summed E-state index contributed by atoms with van der Waals surface area (Å²) in [6.07, 6.45) is 7.60. The second-order valence-electron chi connectivity index (χ2n) is 11.3. The number of methoxy groups -OCH3 is 1. The standard InChI is InChI=1S/C38H39N3O6S2/c1-3-47-31-20-12-11-16-26(31)22-30(40-35(43)25-14-7-6-8-15-25)36(44)39-27-17-13-18-28(23-27)48-24-33(42)41-37-34(38(45)46-2)29-19-9-4-5-10-21-32(29)49-37/h6-8,11-18,20,22-23H,3-5,9-10,19,21,24H2,1-2H3,(H,39,44)(H,40,43)(H,41,42)/b30-22+. The molecule has 4 aromatic rings. The van der Waals surface area contributed by atoms with Gasteiger partial charge in [-0.2, -0.15) is 0 Å². The Morgan fingerprint density at radius 3 is 2.41 bits per heavy atom. The number of fused-ring (bicyclic) bond motifs is 1. The fraction of sp³-hybridized carbons (Fsp3) is 0.263. The predicted molar refractivity (Wildman–Crippen MR) is 195 cm³/mol. The maximum atomic E-state index is 13.6. The Morgan fingerprint density at radius 2 is 1.63 bits per heavy atom. The minimum Gasteiger partial charge on any atom is -0.493 e. The molecule has 1 aliphatic rings. The van der Waals surface area contributed by atoms with Gasteiger partial charge in [0, 0.05) is 26.6 Å². The molecule has 11 heteroatoms. The Balaban J connectivity index is 1.29. The Bertz CT molecular complexity index is 1840. The highest BCUT2D eigenvalue weighted by atomic mass is 32.2. The molecule has 0 radical (unpaired) electrons. The van der Waals surface area contributed by atoms with Crippen LogP contribution in [0.25, 0.3) is 6.08 Å². The lowest BCUT2D eigenvalue weighted by Crippen LogP contribution is -2.30. The van der Waals surface area contributed by atoms with E-state index in [0.717, 1.165) is 53.9 Å². The Kier molecular flexibility index (Phi) is 12.7. The van der Waals surface area contributed by atoms with Crippen molar-refractivity contribution in [2.75, 3.05) is 30.1 Å². The highest BCUT2D eigenvalue weighted by molar-refractivity contribution is 8.00. The molecule has 3 N–H and O–H groups in total. The van der Waals surface area contributed by atoms with Crippen LogP contribution in [0.1, 0.15) is 69.3 Å². The van der Waals surface area contributed by atoms with Crippen molar-refractivity contribution in [2.45, 2.75) is 50.3 Å². The number of nitrogens with one attached hydrogen (secondary N) is 3. The van der Waals surface area contributed by atoms with Crippen molar-refractivity contribution in [1.82, 2.24) is 5.32 Å². The topological polar surface area (TPSA) is 123 Å².